The van der Waals surface area contributed by atoms with Gasteiger partial charge < -0.3 is 0 Å². The third kappa shape index (κ3) is 4.40. The van der Waals surface area contributed by atoms with Gasteiger partial charge in [-0.2, -0.15) is 5.10 Å². The lowest BCUT2D eigenvalue weighted by atomic mass is 9.78. The predicted octanol–water partition coefficient (Wildman–Crippen LogP) is 5.55. The number of alkyl halides is 3. The molecular weight excluding hydrogens is 419 g/mol. The number of hydrogen-bond acceptors (Lipinski definition) is 6. The summed E-state index contributed by atoms with van der Waals surface area (Å²) in [7, 11) is 0. The Morgan fingerprint density at radius 1 is 1.22 bits per heavy atom. The van der Waals surface area contributed by atoms with Gasteiger partial charge in [-0.25, -0.2) is 0 Å². The average Bonchev–Trinajstić information content (AvgIpc) is 2.59. The van der Waals surface area contributed by atoms with Gasteiger partial charge >= 0.3 is 5.69 Å². The lowest BCUT2D eigenvalue weighted by Gasteiger charge is -2.37. The highest BCUT2D eigenvalue weighted by atomic mass is 35.6. The Balaban J connectivity index is 2.35. The molecule has 0 fully saturated rings. The molecule has 0 saturated heterocycles. The summed E-state index contributed by atoms with van der Waals surface area (Å²) in [4.78, 5) is 20.5. The summed E-state index contributed by atoms with van der Waals surface area (Å²) in [6.45, 7) is 3.70. The summed E-state index contributed by atoms with van der Waals surface area (Å²) in [6.07, 6.45) is 5.67. The number of nitrogens with zero attached hydrogens (tertiary/aromatic N) is 3. The molecule has 1 aliphatic rings. The van der Waals surface area contributed by atoms with E-state index in [0.717, 1.165) is 17.7 Å². The van der Waals surface area contributed by atoms with Crippen LogP contribution in [0.3, 0.4) is 0 Å². The van der Waals surface area contributed by atoms with Crippen LogP contribution >= 0.6 is 34.8 Å². The minimum Gasteiger partial charge on any atom is -0.271 e. The molecule has 0 bridgehead atoms. The third-order valence-electron chi connectivity index (χ3n) is 4.24. The minimum absolute atomic E-state index is 0.0210. The van der Waals surface area contributed by atoms with Gasteiger partial charge in [-0.3, -0.25) is 25.7 Å². The second-order valence-corrected chi connectivity index (χ2v) is 8.20. The van der Waals surface area contributed by atoms with Gasteiger partial charge in [-0.15, -0.1) is 0 Å². The Morgan fingerprint density at radius 3 is 2.41 bits per heavy atom. The van der Waals surface area contributed by atoms with E-state index in [2.05, 4.69) is 10.5 Å². The van der Waals surface area contributed by atoms with Crippen LogP contribution in [-0.2, 0) is 0 Å². The summed E-state index contributed by atoms with van der Waals surface area (Å²) >= 11 is 18.3. The molecule has 144 valence electrons. The number of rotatable bonds is 5. The number of allylic oxidation sites excluding steroid dienone is 4. The van der Waals surface area contributed by atoms with E-state index in [0.29, 0.717) is 12.1 Å². The molecular formula is C16H15Cl3N4O4. The smallest absolute Gasteiger partial charge is 0.271 e. The Morgan fingerprint density at radius 2 is 1.89 bits per heavy atom. The van der Waals surface area contributed by atoms with Crippen LogP contribution < -0.4 is 5.43 Å². The summed E-state index contributed by atoms with van der Waals surface area (Å²) < 4.78 is -1.55. The first-order chi connectivity index (χ1) is 12.5. The van der Waals surface area contributed by atoms with Crippen molar-refractivity contribution in [3.8, 4) is 0 Å². The van der Waals surface area contributed by atoms with Crippen molar-refractivity contribution in [2.24, 2.45) is 10.5 Å². The number of nitro benzene ring substituents is 2. The highest BCUT2D eigenvalue weighted by Crippen LogP contribution is 2.52. The average molecular weight is 434 g/mol. The monoisotopic (exact) mass is 432 g/mol. The fourth-order valence-electron chi connectivity index (χ4n) is 2.55. The molecule has 2 rings (SSSR count). The van der Waals surface area contributed by atoms with Gasteiger partial charge in [0.1, 0.15) is 5.69 Å². The minimum atomic E-state index is -1.55. The van der Waals surface area contributed by atoms with Gasteiger partial charge in [0.15, 0.2) is 0 Å². The van der Waals surface area contributed by atoms with Crippen LogP contribution in [0.1, 0.15) is 20.3 Å². The molecule has 27 heavy (non-hydrogen) atoms. The summed E-state index contributed by atoms with van der Waals surface area (Å²) in [5, 5.41) is 26.1. The molecule has 1 aromatic carbocycles. The first-order valence-electron chi connectivity index (χ1n) is 7.73. The highest BCUT2D eigenvalue weighted by Gasteiger charge is 2.45. The molecule has 8 nitrogen and oxygen atoms in total. The number of hydrogen-bond donors (Lipinski definition) is 1. The van der Waals surface area contributed by atoms with E-state index in [-0.39, 0.29) is 11.4 Å². The maximum absolute atomic E-state index is 11.2. The third-order valence-corrected chi connectivity index (χ3v) is 5.42. The number of nitrogens with one attached hydrogen (secondary N) is 1. The summed E-state index contributed by atoms with van der Waals surface area (Å²) in [6, 6.07) is 3.24. The van der Waals surface area contributed by atoms with Crippen molar-refractivity contribution < 1.29 is 9.85 Å². The van der Waals surface area contributed by atoms with E-state index in [1.165, 1.54) is 6.07 Å². The standard InChI is InChI=1S/C16H15Cl3N4O4/c1-3-10-8-11(6-7-15(10,2)16(17,18)19)20-21-13-5-4-12(22(24)25)9-14(13)23(26)27/h4-9,21H,3H2,1-2H3/b20-11+. The second-order valence-electron chi connectivity index (χ2n) is 5.92. The van der Waals surface area contributed by atoms with Crippen LogP contribution in [0.2, 0.25) is 0 Å². The quantitative estimate of drug-likeness (QED) is 0.371. The first kappa shape index (κ1) is 21.1. The Bertz CT molecular complexity index is 877. The van der Waals surface area contributed by atoms with E-state index in [1.807, 2.05) is 6.92 Å². The van der Waals surface area contributed by atoms with E-state index < -0.39 is 24.7 Å². The van der Waals surface area contributed by atoms with E-state index >= 15 is 0 Å². The summed E-state index contributed by atoms with van der Waals surface area (Å²) in [5.41, 5.74) is 2.22. The zero-order valence-electron chi connectivity index (χ0n) is 14.3. The predicted molar refractivity (Wildman–Crippen MR) is 107 cm³/mol. The second kappa shape index (κ2) is 7.84. The molecule has 0 amide bonds. The zero-order valence-corrected chi connectivity index (χ0v) is 16.5. The molecule has 1 aliphatic carbocycles. The zero-order chi connectivity index (χ0) is 20.4. The first-order valence-corrected chi connectivity index (χ1v) is 8.86. The van der Waals surface area contributed by atoms with Gasteiger partial charge in [0.2, 0.25) is 3.79 Å². The molecule has 0 heterocycles. The molecule has 1 unspecified atom stereocenters. The van der Waals surface area contributed by atoms with Gasteiger partial charge in [0, 0.05) is 6.07 Å². The molecule has 0 aliphatic heterocycles. The van der Waals surface area contributed by atoms with Gasteiger partial charge in [-0.05, 0) is 31.6 Å². The lowest BCUT2D eigenvalue weighted by molar-refractivity contribution is -0.393. The Labute approximate surface area is 169 Å². The van der Waals surface area contributed by atoms with E-state index in [4.69, 9.17) is 34.8 Å². The number of benzene rings is 1. The number of nitro groups is 2. The maximum Gasteiger partial charge on any atom is 0.301 e. The van der Waals surface area contributed by atoms with Crippen molar-refractivity contribution >= 4 is 57.6 Å². The van der Waals surface area contributed by atoms with Crippen LogP contribution in [-0.4, -0.2) is 19.4 Å². The normalized spacial score (nSPS) is 21.1. The number of halogens is 3. The van der Waals surface area contributed by atoms with Crippen molar-refractivity contribution in [2.45, 2.75) is 24.1 Å². The molecule has 1 atom stereocenters. The largest absolute Gasteiger partial charge is 0.301 e. The molecule has 0 saturated carbocycles. The Hall–Kier alpha value is -2.16. The SMILES string of the molecule is CCC1=C/C(=N/Nc2ccc([N+](=O)[O-])cc2[N+](=O)[O-])C=CC1(C)C(Cl)(Cl)Cl. The molecule has 0 aromatic heterocycles. The van der Waals surface area contributed by atoms with Crippen LogP contribution in [0.15, 0.2) is 47.1 Å². The van der Waals surface area contributed by atoms with Crippen molar-refractivity contribution in [2.75, 3.05) is 5.43 Å². The molecule has 11 heteroatoms. The van der Waals surface area contributed by atoms with Crippen LogP contribution in [0.4, 0.5) is 17.1 Å². The molecule has 1 aromatic rings. The van der Waals surface area contributed by atoms with Crippen molar-refractivity contribution in [1.82, 2.24) is 0 Å². The fraction of sp³-hybridized carbons (Fsp3) is 0.312. The molecule has 0 spiro atoms. The van der Waals surface area contributed by atoms with E-state index in [1.54, 1.807) is 25.2 Å². The van der Waals surface area contributed by atoms with Crippen molar-refractivity contribution in [3.05, 3.63) is 62.2 Å². The number of anilines is 1. The van der Waals surface area contributed by atoms with Gasteiger partial charge in [0.05, 0.1) is 27.0 Å². The maximum atomic E-state index is 11.2. The highest BCUT2D eigenvalue weighted by molar-refractivity contribution is 6.68. The van der Waals surface area contributed by atoms with Gasteiger partial charge in [0.25, 0.3) is 5.69 Å². The summed E-state index contributed by atoms with van der Waals surface area (Å²) in [5.74, 6) is 0. The van der Waals surface area contributed by atoms with Crippen LogP contribution in [0, 0.1) is 25.6 Å². The fourth-order valence-corrected chi connectivity index (χ4v) is 3.11. The van der Waals surface area contributed by atoms with Crippen LogP contribution in [0.5, 0.6) is 0 Å². The lowest BCUT2D eigenvalue weighted by Crippen LogP contribution is -2.34. The molecule has 0 radical (unpaired) electrons. The van der Waals surface area contributed by atoms with Crippen molar-refractivity contribution in [3.63, 3.8) is 0 Å². The molecule has 1 N–H and O–H groups in total. The van der Waals surface area contributed by atoms with Crippen LogP contribution in [0.25, 0.3) is 0 Å². The Kier molecular flexibility index (Phi) is 6.14. The van der Waals surface area contributed by atoms with E-state index in [9.17, 15) is 20.2 Å². The number of non-ortho nitro benzene ring substituents is 1. The topological polar surface area (TPSA) is 111 Å². The van der Waals surface area contributed by atoms with Gasteiger partial charge in [-0.1, -0.05) is 53.4 Å². The number of hydrazone groups is 1. The van der Waals surface area contributed by atoms with Crippen molar-refractivity contribution in [1.29, 1.82) is 0 Å².